The van der Waals surface area contributed by atoms with Crippen LogP contribution in [0, 0.1) is 0 Å². The first kappa shape index (κ1) is 9.76. The monoisotopic (exact) mass is 194 g/mol. The van der Waals surface area contributed by atoms with Gasteiger partial charge in [-0.2, -0.15) is 0 Å². The first-order valence-corrected chi connectivity index (χ1v) is 5.30. The van der Waals surface area contributed by atoms with E-state index in [0.29, 0.717) is 0 Å². The second-order valence-electron chi connectivity index (χ2n) is 3.53. The molecule has 0 N–H and O–H groups in total. The van der Waals surface area contributed by atoms with Crippen LogP contribution in [-0.4, -0.2) is 0 Å². The average molecular weight is 194 g/mol. The summed E-state index contributed by atoms with van der Waals surface area (Å²) in [5.41, 5.74) is 4.37. The van der Waals surface area contributed by atoms with Crippen LogP contribution < -0.4 is 0 Å². The third-order valence-electron chi connectivity index (χ3n) is 2.35. The molecule has 0 radical (unpaired) electrons. The number of hydrogen-bond acceptors (Lipinski definition) is 0. The van der Waals surface area contributed by atoms with Gasteiger partial charge in [0, 0.05) is 0 Å². The van der Waals surface area contributed by atoms with Crippen LogP contribution in [0.1, 0.15) is 18.9 Å². The molecule has 0 saturated heterocycles. The molecule has 2 aromatic rings. The molecule has 0 fully saturated rings. The van der Waals surface area contributed by atoms with Gasteiger partial charge in [0.25, 0.3) is 0 Å². The van der Waals surface area contributed by atoms with Crippen molar-refractivity contribution in [3.63, 3.8) is 0 Å². The number of benzene rings is 2. The van der Waals surface area contributed by atoms with Crippen LogP contribution in [-0.2, 0) is 0 Å². The van der Waals surface area contributed by atoms with Crippen LogP contribution in [0.15, 0.2) is 54.3 Å². The minimum atomic E-state index is 1.03. The second-order valence-corrected chi connectivity index (χ2v) is 3.53. The van der Waals surface area contributed by atoms with Crippen LogP contribution in [0.3, 0.4) is 0 Å². The van der Waals surface area contributed by atoms with Crippen molar-refractivity contribution >= 4 is 16.8 Å². The van der Waals surface area contributed by atoms with E-state index in [9.17, 15) is 0 Å². The van der Waals surface area contributed by atoms with E-state index in [0.717, 1.165) is 6.42 Å². The zero-order valence-corrected chi connectivity index (χ0v) is 8.90. The topological polar surface area (TPSA) is 0 Å². The van der Waals surface area contributed by atoms with Crippen molar-refractivity contribution in [2.45, 2.75) is 13.3 Å². The first-order valence-electron chi connectivity index (χ1n) is 5.30. The van der Waals surface area contributed by atoms with Gasteiger partial charge in [-0.1, -0.05) is 43.3 Å². The Morgan fingerprint density at radius 1 is 1.07 bits per heavy atom. The van der Waals surface area contributed by atoms with E-state index in [1.807, 2.05) is 12.2 Å². The molecule has 2 rings (SSSR count). The van der Waals surface area contributed by atoms with E-state index in [2.05, 4.69) is 55.1 Å². The zero-order valence-electron chi connectivity index (χ0n) is 8.90. The summed E-state index contributed by atoms with van der Waals surface area (Å²) in [7, 11) is 0. The fraction of sp³-hybridized carbons (Fsp3) is 0.133. The molecule has 2 aromatic carbocycles. The van der Waals surface area contributed by atoms with Gasteiger partial charge >= 0.3 is 0 Å². The molecule has 0 aliphatic rings. The molecule has 0 unspecified atom stereocenters. The lowest BCUT2D eigenvalue weighted by Gasteiger charge is -1.97. The third kappa shape index (κ3) is 2.37. The fourth-order valence-corrected chi connectivity index (χ4v) is 1.57. The van der Waals surface area contributed by atoms with Gasteiger partial charge in [-0.25, -0.2) is 0 Å². The Balaban J connectivity index is 2.43. The molecule has 0 nitrogen and oxygen atoms in total. The highest BCUT2D eigenvalue weighted by Crippen LogP contribution is 2.16. The summed E-state index contributed by atoms with van der Waals surface area (Å²) < 4.78 is 0. The van der Waals surface area contributed by atoms with Gasteiger partial charge in [0.1, 0.15) is 0 Å². The second kappa shape index (κ2) is 4.63. The van der Waals surface area contributed by atoms with Crippen molar-refractivity contribution in [1.82, 2.24) is 0 Å². The lowest BCUT2D eigenvalue weighted by atomic mass is 10.1. The van der Waals surface area contributed by atoms with Crippen LogP contribution in [0.25, 0.3) is 16.8 Å². The van der Waals surface area contributed by atoms with E-state index in [4.69, 9.17) is 0 Å². The Morgan fingerprint density at radius 3 is 2.67 bits per heavy atom. The van der Waals surface area contributed by atoms with Gasteiger partial charge in [0.05, 0.1) is 0 Å². The maximum absolute atomic E-state index is 3.17. The Bertz CT molecular complexity index is 514. The van der Waals surface area contributed by atoms with Gasteiger partial charge in [0.2, 0.25) is 0 Å². The normalized spacial score (nSPS) is 9.67. The molecule has 0 heterocycles. The summed E-state index contributed by atoms with van der Waals surface area (Å²) in [6.45, 7) is 2.11. The highest BCUT2D eigenvalue weighted by atomic mass is 14.0. The Labute approximate surface area is 90.6 Å². The first-order chi connectivity index (χ1) is 7.40. The van der Waals surface area contributed by atoms with E-state index in [1.165, 1.54) is 16.3 Å². The van der Waals surface area contributed by atoms with Crippen LogP contribution in [0.2, 0.25) is 0 Å². The predicted octanol–water partition coefficient (Wildman–Crippen LogP) is 4.42. The molecule has 74 valence electrons. The molecule has 0 amide bonds. The summed E-state index contributed by atoms with van der Waals surface area (Å²) in [5.74, 6) is 0. The van der Waals surface area contributed by atoms with Crippen LogP contribution in [0.4, 0.5) is 0 Å². The summed E-state index contributed by atoms with van der Waals surface area (Å²) in [6.07, 6.45) is 5.09. The molecule has 0 atom stereocenters. The highest BCUT2D eigenvalue weighted by Gasteiger charge is 1.91. The molecule has 15 heavy (non-hydrogen) atoms. The maximum Gasteiger partial charge on any atom is -0.0130 e. The lowest BCUT2D eigenvalue weighted by Crippen LogP contribution is -1.73. The quantitative estimate of drug-likeness (QED) is 0.621. The fourth-order valence-electron chi connectivity index (χ4n) is 1.57. The number of fused-ring (bicyclic) bond motifs is 1. The molecule has 0 saturated carbocycles. The van der Waals surface area contributed by atoms with Gasteiger partial charge < -0.3 is 0 Å². The molecule has 0 bridgehead atoms. The molecular weight excluding hydrogens is 180 g/mol. The highest BCUT2D eigenvalue weighted by molar-refractivity contribution is 5.84. The average Bonchev–Trinajstić information content (AvgIpc) is 2.29. The summed E-state index contributed by atoms with van der Waals surface area (Å²) in [4.78, 5) is 0. The summed E-state index contributed by atoms with van der Waals surface area (Å²) >= 11 is 0. The van der Waals surface area contributed by atoms with E-state index < -0.39 is 0 Å². The van der Waals surface area contributed by atoms with Crippen molar-refractivity contribution < 1.29 is 0 Å². The Hall–Kier alpha value is -1.78. The number of hydrogen-bond donors (Lipinski definition) is 0. The van der Waals surface area contributed by atoms with Crippen LogP contribution in [0.5, 0.6) is 0 Å². The van der Waals surface area contributed by atoms with Gasteiger partial charge in [-0.3, -0.25) is 0 Å². The Kier molecular flexibility index (Phi) is 3.02. The van der Waals surface area contributed by atoms with Gasteiger partial charge in [0.15, 0.2) is 0 Å². The minimum Gasteiger partial charge on any atom is -0.125 e. The van der Waals surface area contributed by atoms with Gasteiger partial charge in [-0.05, 0) is 41.0 Å². The summed E-state index contributed by atoms with van der Waals surface area (Å²) in [5, 5.41) is 2.57. The lowest BCUT2D eigenvalue weighted by molar-refractivity contribution is 1.23. The maximum atomic E-state index is 3.17. The van der Waals surface area contributed by atoms with E-state index in [-0.39, 0.29) is 0 Å². The predicted molar refractivity (Wildman–Crippen MR) is 66.8 cm³/mol. The zero-order chi connectivity index (χ0) is 10.5. The molecule has 0 spiro atoms. The molecule has 0 aliphatic heterocycles. The Morgan fingerprint density at radius 2 is 1.87 bits per heavy atom. The SMILES string of the molecule is CCC=C=Cc1ccc2ccccc2c1. The van der Waals surface area contributed by atoms with Crippen molar-refractivity contribution in [2.75, 3.05) is 0 Å². The molecule has 0 aliphatic carbocycles. The van der Waals surface area contributed by atoms with Crippen molar-refractivity contribution in [2.24, 2.45) is 0 Å². The van der Waals surface area contributed by atoms with Gasteiger partial charge in [-0.15, -0.1) is 5.73 Å². The van der Waals surface area contributed by atoms with Crippen molar-refractivity contribution in [1.29, 1.82) is 0 Å². The third-order valence-corrected chi connectivity index (χ3v) is 2.35. The minimum absolute atomic E-state index is 1.03. The summed E-state index contributed by atoms with van der Waals surface area (Å²) in [6, 6.07) is 14.9. The van der Waals surface area contributed by atoms with E-state index in [1.54, 1.807) is 0 Å². The smallest absolute Gasteiger partial charge is 0.0130 e. The number of allylic oxidation sites excluding steroid dienone is 1. The molecule has 0 aromatic heterocycles. The van der Waals surface area contributed by atoms with Crippen molar-refractivity contribution in [3.05, 3.63) is 59.8 Å². The molecule has 0 heteroatoms. The largest absolute Gasteiger partial charge is 0.125 e. The standard InChI is InChI=1S/C15H14/c1-2-3-4-7-13-10-11-14-8-5-6-9-15(14)12-13/h3,5-12H,2H2,1H3. The van der Waals surface area contributed by atoms with E-state index >= 15 is 0 Å². The van der Waals surface area contributed by atoms with Crippen LogP contribution >= 0.6 is 0 Å². The number of rotatable bonds is 2. The molecular formula is C15H14. The van der Waals surface area contributed by atoms with Crippen molar-refractivity contribution in [3.8, 4) is 0 Å².